The molecule has 0 fully saturated rings. The molecule has 0 aliphatic rings. The van der Waals surface area contributed by atoms with Gasteiger partial charge in [-0.2, -0.15) is 0 Å². The molecule has 0 aliphatic heterocycles. The third-order valence-electron chi connectivity index (χ3n) is 2.96. The van der Waals surface area contributed by atoms with Gasteiger partial charge in [-0.15, -0.1) is 11.6 Å². The maximum absolute atomic E-state index is 9.24. The van der Waals surface area contributed by atoms with Crippen molar-refractivity contribution in [2.45, 2.75) is 20.0 Å². The first-order valence-corrected chi connectivity index (χ1v) is 7.28. The zero-order valence-electron chi connectivity index (χ0n) is 11.9. The molecule has 3 heteroatoms. The molecular formula is C18H17ClO2. The van der Waals surface area contributed by atoms with Crippen LogP contribution in [0.2, 0.25) is 0 Å². The molecule has 2 nitrogen and oxygen atoms in total. The van der Waals surface area contributed by atoms with Gasteiger partial charge < -0.3 is 9.84 Å². The van der Waals surface area contributed by atoms with Crippen LogP contribution < -0.4 is 4.74 Å². The summed E-state index contributed by atoms with van der Waals surface area (Å²) in [5, 5.41) is 9.24. The van der Waals surface area contributed by atoms with Crippen LogP contribution in [0, 0.1) is 18.8 Å². The maximum atomic E-state index is 9.24. The summed E-state index contributed by atoms with van der Waals surface area (Å²) < 4.78 is 5.79. The number of aromatic hydroxyl groups is 1. The van der Waals surface area contributed by atoms with E-state index in [-0.39, 0.29) is 5.75 Å². The monoisotopic (exact) mass is 300 g/mol. The van der Waals surface area contributed by atoms with Gasteiger partial charge in [-0.1, -0.05) is 24.0 Å². The average molecular weight is 301 g/mol. The first-order chi connectivity index (χ1) is 10.2. The van der Waals surface area contributed by atoms with E-state index in [4.69, 9.17) is 16.3 Å². The number of alkyl halides is 1. The van der Waals surface area contributed by atoms with Gasteiger partial charge in [0.05, 0.1) is 0 Å². The lowest BCUT2D eigenvalue weighted by molar-refractivity contribution is 0.304. The summed E-state index contributed by atoms with van der Waals surface area (Å²) in [5.41, 5.74) is 3.03. The van der Waals surface area contributed by atoms with Crippen molar-refractivity contribution >= 4 is 11.6 Å². The Kier molecular flexibility index (Phi) is 5.54. The fourth-order valence-corrected chi connectivity index (χ4v) is 1.95. The Labute approximate surface area is 130 Å². The third kappa shape index (κ3) is 4.73. The lowest BCUT2D eigenvalue weighted by atomic mass is 10.1. The lowest BCUT2D eigenvalue weighted by Gasteiger charge is -2.09. The Morgan fingerprint density at radius 2 is 1.90 bits per heavy atom. The number of ether oxygens (including phenoxy) is 1. The molecule has 0 unspecified atom stereocenters. The van der Waals surface area contributed by atoms with Gasteiger partial charge in [0.15, 0.2) is 0 Å². The topological polar surface area (TPSA) is 29.5 Å². The highest BCUT2D eigenvalue weighted by molar-refractivity contribution is 6.18. The Hall–Kier alpha value is -2.11. The van der Waals surface area contributed by atoms with E-state index in [9.17, 15) is 5.11 Å². The quantitative estimate of drug-likeness (QED) is 0.675. The molecular weight excluding hydrogens is 284 g/mol. The fourth-order valence-electron chi connectivity index (χ4n) is 1.85. The molecule has 0 atom stereocenters. The zero-order chi connectivity index (χ0) is 15.1. The van der Waals surface area contributed by atoms with Crippen LogP contribution in [0.1, 0.15) is 23.1 Å². The number of hydrogen-bond acceptors (Lipinski definition) is 2. The molecule has 0 saturated heterocycles. The van der Waals surface area contributed by atoms with E-state index in [1.54, 1.807) is 12.1 Å². The van der Waals surface area contributed by atoms with Crippen molar-refractivity contribution in [3.63, 3.8) is 0 Å². The summed E-state index contributed by atoms with van der Waals surface area (Å²) in [6.07, 6.45) is 0.694. The second kappa shape index (κ2) is 7.61. The lowest BCUT2D eigenvalue weighted by Crippen LogP contribution is -1.97. The van der Waals surface area contributed by atoms with E-state index in [0.717, 1.165) is 22.4 Å². The minimum Gasteiger partial charge on any atom is -0.508 e. The van der Waals surface area contributed by atoms with Gasteiger partial charge in [0.1, 0.15) is 18.1 Å². The number of benzene rings is 2. The SMILES string of the molecule is Cc1cc(C#CCCCl)ccc1OCc1ccc(O)cc1. The zero-order valence-corrected chi connectivity index (χ0v) is 12.7. The van der Waals surface area contributed by atoms with Crippen molar-refractivity contribution in [1.82, 2.24) is 0 Å². The summed E-state index contributed by atoms with van der Waals surface area (Å²) in [6.45, 7) is 2.47. The molecule has 21 heavy (non-hydrogen) atoms. The van der Waals surface area contributed by atoms with E-state index >= 15 is 0 Å². The highest BCUT2D eigenvalue weighted by atomic mass is 35.5. The van der Waals surface area contributed by atoms with Crippen molar-refractivity contribution in [2.24, 2.45) is 0 Å². The first kappa shape index (κ1) is 15.3. The number of phenols is 1. The van der Waals surface area contributed by atoms with Crippen LogP contribution in [0.5, 0.6) is 11.5 Å². The van der Waals surface area contributed by atoms with E-state index < -0.39 is 0 Å². The summed E-state index contributed by atoms with van der Waals surface area (Å²) >= 11 is 5.60. The molecule has 2 rings (SSSR count). The van der Waals surface area contributed by atoms with Crippen LogP contribution in [0.4, 0.5) is 0 Å². The molecule has 0 aliphatic carbocycles. The molecule has 0 saturated carbocycles. The molecule has 0 aromatic heterocycles. The third-order valence-corrected chi connectivity index (χ3v) is 3.15. The van der Waals surface area contributed by atoms with Crippen molar-refractivity contribution in [3.05, 3.63) is 59.2 Å². The Morgan fingerprint density at radius 3 is 2.57 bits per heavy atom. The Bertz CT molecular complexity index is 651. The van der Waals surface area contributed by atoms with Gasteiger partial charge in [0, 0.05) is 17.9 Å². The summed E-state index contributed by atoms with van der Waals surface area (Å²) in [6, 6.07) is 12.9. The Balaban J connectivity index is 2.01. The van der Waals surface area contributed by atoms with Gasteiger partial charge in [0.2, 0.25) is 0 Å². The molecule has 0 heterocycles. The first-order valence-electron chi connectivity index (χ1n) is 6.75. The van der Waals surface area contributed by atoms with E-state index in [0.29, 0.717) is 18.9 Å². The summed E-state index contributed by atoms with van der Waals surface area (Å²) in [7, 11) is 0. The number of halogens is 1. The van der Waals surface area contributed by atoms with Crippen LogP contribution in [-0.2, 0) is 6.61 Å². The number of phenolic OH excluding ortho intramolecular Hbond substituents is 1. The highest BCUT2D eigenvalue weighted by Gasteiger charge is 2.01. The number of aryl methyl sites for hydroxylation is 1. The van der Waals surface area contributed by atoms with Gasteiger partial charge in [0.25, 0.3) is 0 Å². The van der Waals surface area contributed by atoms with E-state index in [1.165, 1.54) is 0 Å². The molecule has 0 bridgehead atoms. The van der Waals surface area contributed by atoms with Gasteiger partial charge >= 0.3 is 0 Å². The number of rotatable bonds is 4. The van der Waals surface area contributed by atoms with Gasteiger partial charge in [-0.05, 0) is 48.4 Å². The van der Waals surface area contributed by atoms with Crippen molar-refractivity contribution < 1.29 is 9.84 Å². The largest absolute Gasteiger partial charge is 0.508 e. The van der Waals surface area contributed by atoms with Crippen LogP contribution >= 0.6 is 11.6 Å². The molecule has 108 valence electrons. The predicted octanol–water partition coefficient (Wildman–Crippen LogP) is 4.26. The smallest absolute Gasteiger partial charge is 0.122 e. The molecule has 0 amide bonds. The predicted molar refractivity (Wildman–Crippen MR) is 85.8 cm³/mol. The molecule has 2 aromatic rings. The van der Waals surface area contributed by atoms with Gasteiger partial charge in [-0.3, -0.25) is 0 Å². The average Bonchev–Trinajstić information content (AvgIpc) is 2.48. The maximum Gasteiger partial charge on any atom is 0.122 e. The summed E-state index contributed by atoms with van der Waals surface area (Å²) in [4.78, 5) is 0. The molecule has 0 radical (unpaired) electrons. The summed E-state index contributed by atoms with van der Waals surface area (Å²) in [5.74, 6) is 7.74. The second-order valence-corrected chi connectivity index (χ2v) is 5.05. The second-order valence-electron chi connectivity index (χ2n) is 4.68. The van der Waals surface area contributed by atoms with E-state index in [1.807, 2.05) is 37.3 Å². The van der Waals surface area contributed by atoms with Crippen LogP contribution in [-0.4, -0.2) is 11.0 Å². The van der Waals surface area contributed by atoms with Crippen molar-refractivity contribution in [3.8, 4) is 23.3 Å². The van der Waals surface area contributed by atoms with E-state index in [2.05, 4.69) is 11.8 Å². The Morgan fingerprint density at radius 1 is 1.14 bits per heavy atom. The van der Waals surface area contributed by atoms with Crippen LogP contribution in [0.15, 0.2) is 42.5 Å². The fraction of sp³-hybridized carbons (Fsp3) is 0.222. The van der Waals surface area contributed by atoms with Crippen LogP contribution in [0.25, 0.3) is 0 Å². The van der Waals surface area contributed by atoms with Crippen molar-refractivity contribution in [2.75, 3.05) is 5.88 Å². The molecule has 1 N–H and O–H groups in total. The molecule has 0 spiro atoms. The standard InChI is InChI=1S/C18H17ClO2/c1-14-12-15(4-2-3-11-19)7-10-18(14)21-13-16-5-8-17(20)9-6-16/h5-10,12,20H,3,11,13H2,1H3. The highest BCUT2D eigenvalue weighted by Crippen LogP contribution is 2.20. The van der Waals surface area contributed by atoms with Crippen molar-refractivity contribution in [1.29, 1.82) is 0 Å². The van der Waals surface area contributed by atoms with Crippen LogP contribution in [0.3, 0.4) is 0 Å². The normalized spacial score (nSPS) is 9.81. The number of hydrogen-bond donors (Lipinski definition) is 1. The molecule has 2 aromatic carbocycles. The minimum absolute atomic E-state index is 0.259. The minimum atomic E-state index is 0.259. The van der Waals surface area contributed by atoms with Gasteiger partial charge in [-0.25, -0.2) is 0 Å².